The first-order chi connectivity index (χ1) is 7.52. The third-order valence-corrected chi connectivity index (χ3v) is 3.70. The average molecular weight is 227 g/mol. The summed E-state index contributed by atoms with van der Waals surface area (Å²) in [5.74, 6) is 0. The molecule has 0 aromatic heterocycles. The predicted molar refractivity (Wildman–Crippen MR) is 60.1 cm³/mol. The molecule has 4 nitrogen and oxygen atoms in total. The Morgan fingerprint density at radius 2 is 1.88 bits per heavy atom. The van der Waals surface area contributed by atoms with Crippen LogP contribution in [-0.4, -0.2) is 36.0 Å². The van der Waals surface area contributed by atoms with Gasteiger partial charge in [0.25, 0.3) is 0 Å². The molecule has 92 valence electrons. The minimum atomic E-state index is -0.394. The Kier molecular flexibility index (Phi) is 2.86. The Labute approximate surface area is 96.9 Å². The van der Waals surface area contributed by atoms with Gasteiger partial charge in [0, 0.05) is 0 Å². The van der Waals surface area contributed by atoms with Crippen LogP contribution in [0.25, 0.3) is 0 Å². The number of carbonyl (C=O) groups excluding carboxylic acids is 1. The number of hydrogen-bond donors (Lipinski definition) is 0. The lowest BCUT2D eigenvalue weighted by atomic mass is 9.89. The molecule has 16 heavy (non-hydrogen) atoms. The van der Waals surface area contributed by atoms with Crippen molar-refractivity contribution in [2.45, 2.75) is 57.2 Å². The molecule has 0 N–H and O–H groups in total. The molecule has 2 fully saturated rings. The Hall–Kier alpha value is -0.770. The van der Waals surface area contributed by atoms with Crippen LogP contribution in [-0.2, 0) is 9.47 Å². The molecule has 1 heterocycles. The largest absolute Gasteiger partial charge is 0.453 e. The summed E-state index contributed by atoms with van der Waals surface area (Å²) in [5.41, 5.74) is -0.653. The van der Waals surface area contributed by atoms with Gasteiger partial charge in [-0.2, -0.15) is 0 Å². The zero-order chi connectivity index (χ0) is 11.8. The highest BCUT2D eigenvalue weighted by atomic mass is 16.6. The van der Waals surface area contributed by atoms with Gasteiger partial charge in [0.1, 0.15) is 5.72 Å². The molecule has 1 saturated carbocycles. The molecule has 2 aliphatic rings. The zero-order valence-electron chi connectivity index (χ0n) is 10.4. The smallest absolute Gasteiger partial charge is 0.412 e. The van der Waals surface area contributed by atoms with Crippen LogP contribution in [0.1, 0.15) is 46.0 Å². The average Bonchev–Trinajstić information content (AvgIpc) is 2.51. The molecule has 1 saturated heterocycles. The predicted octanol–water partition coefficient (Wildman–Crippen LogP) is 2.52. The molecule has 0 atom stereocenters. The highest BCUT2D eigenvalue weighted by Crippen LogP contribution is 2.44. The summed E-state index contributed by atoms with van der Waals surface area (Å²) in [6.45, 7) is 4.67. The Morgan fingerprint density at radius 1 is 1.25 bits per heavy atom. The molecule has 1 aliphatic heterocycles. The van der Waals surface area contributed by atoms with Gasteiger partial charge in [0.15, 0.2) is 0 Å². The van der Waals surface area contributed by atoms with Crippen molar-refractivity contribution >= 4 is 6.09 Å². The van der Waals surface area contributed by atoms with E-state index in [2.05, 4.69) is 0 Å². The van der Waals surface area contributed by atoms with Gasteiger partial charge in [-0.05, 0) is 39.5 Å². The second-order valence-electron chi connectivity index (χ2n) is 5.41. The minimum absolute atomic E-state index is 0.259. The van der Waals surface area contributed by atoms with E-state index in [1.54, 1.807) is 0 Å². The fourth-order valence-corrected chi connectivity index (χ4v) is 2.97. The fraction of sp³-hybridized carbons (Fsp3) is 0.917. The Morgan fingerprint density at radius 3 is 2.44 bits per heavy atom. The molecular weight excluding hydrogens is 206 g/mol. The quantitative estimate of drug-likeness (QED) is 0.638. The van der Waals surface area contributed by atoms with Crippen molar-refractivity contribution < 1.29 is 14.3 Å². The normalized spacial score (nSPS) is 27.1. The van der Waals surface area contributed by atoms with Crippen LogP contribution in [0.3, 0.4) is 0 Å². The van der Waals surface area contributed by atoms with E-state index in [4.69, 9.17) is 9.47 Å². The van der Waals surface area contributed by atoms with Gasteiger partial charge in [-0.15, -0.1) is 0 Å². The summed E-state index contributed by atoms with van der Waals surface area (Å²) in [6.07, 6.45) is 5.11. The molecule has 0 aromatic carbocycles. The molecule has 2 rings (SSSR count). The number of methoxy groups -OCH3 is 1. The lowest BCUT2D eigenvalue weighted by Gasteiger charge is -2.43. The van der Waals surface area contributed by atoms with E-state index >= 15 is 0 Å². The van der Waals surface area contributed by atoms with Crippen molar-refractivity contribution in [3.63, 3.8) is 0 Å². The van der Waals surface area contributed by atoms with E-state index in [1.165, 1.54) is 13.5 Å². The van der Waals surface area contributed by atoms with Gasteiger partial charge in [0.2, 0.25) is 0 Å². The maximum Gasteiger partial charge on any atom is 0.412 e. The molecule has 1 aliphatic carbocycles. The molecule has 0 aromatic rings. The third-order valence-electron chi connectivity index (χ3n) is 3.70. The topological polar surface area (TPSA) is 38.8 Å². The van der Waals surface area contributed by atoms with Crippen molar-refractivity contribution in [2.24, 2.45) is 0 Å². The molecule has 0 bridgehead atoms. The first-order valence-corrected chi connectivity index (χ1v) is 6.04. The van der Waals surface area contributed by atoms with Crippen LogP contribution in [0.2, 0.25) is 0 Å². The molecule has 0 unspecified atom stereocenters. The number of hydrogen-bond acceptors (Lipinski definition) is 3. The number of amides is 1. The van der Waals surface area contributed by atoms with Crippen LogP contribution in [0, 0.1) is 0 Å². The van der Waals surface area contributed by atoms with E-state index in [-0.39, 0.29) is 11.6 Å². The van der Waals surface area contributed by atoms with Gasteiger partial charge in [-0.1, -0.05) is 6.42 Å². The van der Waals surface area contributed by atoms with Gasteiger partial charge in [-0.3, -0.25) is 4.90 Å². The second kappa shape index (κ2) is 3.91. The summed E-state index contributed by atoms with van der Waals surface area (Å²) < 4.78 is 10.9. The maximum absolute atomic E-state index is 11.9. The van der Waals surface area contributed by atoms with Crippen molar-refractivity contribution in [3.8, 4) is 0 Å². The highest BCUT2D eigenvalue weighted by molar-refractivity contribution is 5.69. The van der Waals surface area contributed by atoms with E-state index in [0.717, 1.165) is 25.7 Å². The lowest BCUT2D eigenvalue weighted by molar-refractivity contribution is -0.102. The highest BCUT2D eigenvalue weighted by Gasteiger charge is 2.54. The molecule has 4 heteroatoms. The summed E-state index contributed by atoms with van der Waals surface area (Å²) in [5, 5.41) is 0. The van der Waals surface area contributed by atoms with E-state index in [9.17, 15) is 4.79 Å². The third kappa shape index (κ3) is 1.69. The first kappa shape index (κ1) is 11.7. The van der Waals surface area contributed by atoms with E-state index in [1.807, 2.05) is 18.7 Å². The van der Waals surface area contributed by atoms with E-state index < -0.39 is 5.72 Å². The van der Waals surface area contributed by atoms with Gasteiger partial charge >= 0.3 is 6.09 Å². The van der Waals surface area contributed by atoms with Crippen LogP contribution >= 0.6 is 0 Å². The Bertz CT molecular complexity index is 282. The first-order valence-electron chi connectivity index (χ1n) is 6.04. The number of ether oxygens (including phenoxy) is 2. The lowest BCUT2D eigenvalue weighted by Crippen LogP contribution is -2.56. The number of rotatable bonds is 0. The molecular formula is C12H21NO3. The SMILES string of the molecule is COC(=O)N1C(C)(C)COC12CCCCC2. The van der Waals surface area contributed by atoms with Crippen LogP contribution in [0.4, 0.5) is 4.79 Å². The summed E-state index contributed by atoms with van der Waals surface area (Å²) in [4.78, 5) is 13.7. The standard InChI is InChI=1S/C12H21NO3/c1-11(2)9-16-12(7-5-4-6-8-12)13(11)10(14)15-3/h4-9H2,1-3H3. The monoisotopic (exact) mass is 227 g/mol. The van der Waals surface area contributed by atoms with Crippen LogP contribution in [0.15, 0.2) is 0 Å². The molecule has 1 spiro atoms. The summed E-state index contributed by atoms with van der Waals surface area (Å²) in [7, 11) is 1.44. The van der Waals surface area contributed by atoms with Gasteiger partial charge in [0.05, 0.1) is 19.3 Å². The van der Waals surface area contributed by atoms with Gasteiger partial charge in [-0.25, -0.2) is 4.79 Å². The number of carbonyl (C=O) groups is 1. The van der Waals surface area contributed by atoms with Crippen LogP contribution < -0.4 is 0 Å². The minimum Gasteiger partial charge on any atom is -0.453 e. The van der Waals surface area contributed by atoms with Crippen molar-refractivity contribution in [3.05, 3.63) is 0 Å². The molecule has 0 radical (unpaired) electrons. The fourth-order valence-electron chi connectivity index (χ4n) is 2.97. The second-order valence-corrected chi connectivity index (χ2v) is 5.41. The van der Waals surface area contributed by atoms with Crippen molar-refractivity contribution in [1.82, 2.24) is 4.90 Å². The molecule has 1 amide bonds. The Balaban J connectivity index is 2.27. The van der Waals surface area contributed by atoms with Crippen LogP contribution in [0.5, 0.6) is 0 Å². The van der Waals surface area contributed by atoms with E-state index in [0.29, 0.717) is 6.61 Å². The zero-order valence-corrected chi connectivity index (χ0v) is 10.4. The summed E-state index contributed by atoms with van der Waals surface area (Å²) >= 11 is 0. The summed E-state index contributed by atoms with van der Waals surface area (Å²) in [6, 6.07) is 0. The number of nitrogens with zero attached hydrogens (tertiary/aromatic N) is 1. The maximum atomic E-state index is 11.9. The van der Waals surface area contributed by atoms with Crippen molar-refractivity contribution in [1.29, 1.82) is 0 Å². The van der Waals surface area contributed by atoms with Crippen molar-refractivity contribution in [2.75, 3.05) is 13.7 Å². The van der Waals surface area contributed by atoms with Gasteiger partial charge < -0.3 is 9.47 Å².